The Morgan fingerprint density at radius 1 is 0.984 bits per heavy atom. The number of aromatic nitrogens is 3. The van der Waals surface area contributed by atoms with Crippen LogP contribution in [0.2, 0.25) is 0 Å². The lowest BCUT2D eigenvalue weighted by molar-refractivity contribution is -0.171. The third-order valence-electron chi connectivity index (χ3n) is 13.3. The van der Waals surface area contributed by atoms with Crippen LogP contribution in [0.4, 0.5) is 23.8 Å². The van der Waals surface area contributed by atoms with E-state index in [9.17, 15) is 19.1 Å². The zero-order valence-electron chi connectivity index (χ0n) is 35.1. The second-order valence-corrected chi connectivity index (χ2v) is 17.3. The monoisotopic (exact) mass is 870 g/mol. The zero-order chi connectivity index (χ0) is 44.3. The van der Waals surface area contributed by atoms with Gasteiger partial charge in [0.15, 0.2) is 5.82 Å². The largest absolute Gasteiger partial charge is 0.508 e. The summed E-state index contributed by atoms with van der Waals surface area (Å²) >= 11 is 0. The average molecular weight is 871 g/mol. The quantitative estimate of drug-likeness (QED) is 0.0806. The molecule has 0 saturated carbocycles. The van der Waals surface area contributed by atoms with Crippen LogP contribution in [-0.2, 0) is 14.3 Å². The zero-order valence-corrected chi connectivity index (χ0v) is 35.1. The van der Waals surface area contributed by atoms with Crippen molar-refractivity contribution in [3.8, 4) is 35.4 Å². The van der Waals surface area contributed by atoms with E-state index < -0.39 is 41.7 Å². The number of phenolic OH excluding ortho intramolecular Hbond substituents is 1. The van der Waals surface area contributed by atoms with Crippen molar-refractivity contribution < 1.29 is 42.1 Å². The first-order valence-electron chi connectivity index (χ1n) is 21.7. The second-order valence-electron chi connectivity index (χ2n) is 17.3. The number of esters is 1. The summed E-state index contributed by atoms with van der Waals surface area (Å²) in [5.41, 5.74) is -0.434. The Bertz CT molecular complexity index is 2880. The predicted molar refractivity (Wildman–Crippen MR) is 233 cm³/mol. The van der Waals surface area contributed by atoms with Crippen LogP contribution < -0.4 is 9.64 Å². The number of terminal acetylenes is 1. The Morgan fingerprint density at radius 2 is 1.77 bits per heavy atom. The molecule has 4 aliphatic heterocycles. The molecular formula is C49H45F3N6O6. The number of aromatic hydroxyl groups is 1. The molecule has 0 spiro atoms. The number of hydrogen-bond donors (Lipinski definition) is 1. The lowest BCUT2D eigenvalue weighted by Gasteiger charge is -2.41. The topological polar surface area (TPSA) is 130 Å². The molecule has 2 bridgehead atoms. The number of carbonyl (C=O) groups is 2. The molecule has 0 aliphatic carbocycles. The van der Waals surface area contributed by atoms with Gasteiger partial charge in [-0.2, -0.15) is 9.97 Å². The standard InChI is InChI=1S/C49H45F3N6O6/c1-3-8-40(60)63-46(31-12-11-28-9-5-6-10-29(28)19-31)64-48(61)58-33-14-15-34(58)26-56(25-33)45-38-23-53-43(37-21-35(59)20-30-13-16-39(51)36(4-2)41(30)37)42(52)44(38)54-47(55-45)62-27-49-17-7-18-57(49)24-32(50)22-49/h2,5-6,9-13,16,19-21,23,32-34,46,59H,3,7-8,14-15,17-18,22,24-27H2,1H3/t32?,33?,34?,46?,49-/m0/s1. The molecular weight excluding hydrogens is 826 g/mol. The van der Waals surface area contributed by atoms with E-state index in [1.807, 2.05) is 48.2 Å². The highest BCUT2D eigenvalue weighted by molar-refractivity contribution is 6.03. The molecule has 1 N–H and O–H groups in total. The molecule has 4 aliphatic rings. The van der Waals surface area contributed by atoms with Crippen LogP contribution in [0.5, 0.6) is 11.8 Å². The Labute approximate surface area is 366 Å². The smallest absolute Gasteiger partial charge is 0.413 e. The predicted octanol–water partition coefficient (Wildman–Crippen LogP) is 8.75. The van der Waals surface area contributed by atoms with Crippen LogP contribution in [0.3, 0.4) is 0 Å². The summed E-state index contributed by atoms with van der Waals surface area (Å²) in [4.78, 5) is 46.7. The molecule has 2 aromatic heterocycles. The molecule has 4 unspecified atom stereocenters. The summed E-state index contributed by atoms with van der Waals surface area (Å²) in [5, 5.41) is 13.4. The van der Waals surface area contributed by atoms with E-state index in [2.05, 4.69) is 20.8 Å². The number of carbonyl (C=O) groups excluding carboxylic acids is 2. The van der Waals surface area contributed by atoms with Crippen LogP contribution in [0.15, 0.2) is 72.9 Å². The summed E-state index contributed by atoms with van der Waals surface area (Å²) in [6.07, 6.45) is 8.19. The van der Waals surface area contributed by atoms with Crippen LogP contribution in [0.25, 0.3) is 43.7 Å². The van der Waals surface area contributed by atoms with Gasteiger partial charge < -0.3 is 24.2 Å². The minimum atomic E-state index is -1.28. The van der Waals surface area contributed by atoms with Gasteiger partial charge in [0.05, 0.1) is 28.6 Å². The number of pyridine rings is 1. The molecule has 4 saturated heterocycles. The molecule has 5 atom stereocenters. The SMILES string of the molecule is C#Cc1c(F)ccc2cc(O)cc(-c3ncc4c(N5CC6CCC(C5)N6C(=O)OC(OC(=O)CCC)c5ccc6ccccc6c5)nc(OC[C@@]56CCCN5CC(F)C6)nc4c3F)c12. The summed E-state index contributed by atoms with van der Waals surface area (Å²) in [6, 6.07) is 17.7. The molecule has 15 heteroatoms. The van der Waals surface area contributed by atoms with Crippen LogP contribution in [0.1, 0.15) is 69.3 Å². The summed E-state index contributed by atoms with van der Waals surface area (Å²) < 4.78 is 65.3. The molecule has 10 rings (SSSR count). The Hall–Kier alpha value is -6.66. The highest BCUT2D eigenvalue weighted by Crippen LogP contribution is 2.43. The van der Waals surface area contributed by atoms with Crippen molar-refractivity contribution in [2.45, 2.75) is 82.0 Å². The van der Waals surface area contributed by atoms with Gasteiger partial charge in [0.2, 0.25) is 0 Å². The molecule has 4 fully saturated rings. The highest BCUT2D eigenvalue weighted by Gasteiger charge is 2.50. The second kappa shape index (κ2) is 16.5. The first-order valence-corrected chi connectivity index (χ1v) is 21.7. The van der Waals surface area contributed by atoms with Gasteiger partial charge in [-0.1, -0.05) is 55.3 Å². The Morgan fingerprint density at radius 3 is 2.55 bits per heavy atom. The Balaban J connectivity index is 0.996. The lowest BCUT2D eigenvalue weighted by Crippen LogP contribution is -2.56. The number of rotatable bonds is 10. The van der Waals surface area contributed by atoms with E-state index in [4.69, 9.17) is 25.6 Å². The fraction of sp³-hybridized carbons (Fsp3) is 0.367. The van der Waals surface area contributed by atoms with E-state index in [1.54, 1.807) is 11.0 Å². The average Bonchev–Trinajstić information content (AvgIpc) is 3.91. The van der Waals surface area contributed by atoms with E-state index in [0.717, 1.165) is 30.2 Å². The molecule has 6 aromatic rings. The number of piperazine rings is 1. The van der Waals surface area contributed by atoms with Gasteiger partial charge in [0.1, 0.15) is 41.4 Å². The highest BCUT2D eigenvalue weighted by atomic mass is 19.1. The number of halogens is 3. The third kappa shape index (κ3) is 7.33. The lowest BCUT2D eigenvalue weighted by atomic mass is 9.95. The fourth-order valence-electron chi connectivity index (χ4n) is 10.3. The van der Waals surface area contributed by atoms with E-state index in [1.165, 1.54) is 30.5 Å². The van der Waals surface area contributed by atoms with Crippen molar-refractivity contribution in [1.82, 2.24) is 24.8 Å². The first kappa shape index (κ1) is 41.4. The van der Waals surface area contributed by atoms with Gasteiger partial charge >= 0.3 is 18.1 Å². The minimum absolute atomic E-state index is 0.0671. The molecule has 328 valence electrons. The van der Waals surface area contributed by atoms with Gasteiger partial charge in [-0.3, -0.25) is 19.6 Å². The van der Waals surface area contributed by atoms with Crippen molar-refractivity contribution in [3.05, 3.63) is 95.7 Å². The number of alkyl halides is 1. The number of phenols is 1. The van der Waals surface area contributed by atoms with Crippen molar-refractivity contribution in [2.75, 3.05) is 37.7 Å². The normalized spacial score (nSPS) is 22.2. The van der Waals surface area contributed by atoms with Crippen molar-refractivity contribution in [2.24, 2.45) is 0 Å². The van der Waals surface area contributed by atoms with E-state index in [-0.39, 0.29) is 83.1 Å². The number of benzene rings is 4. The number of hydrogen-bond acceptors (Lipinski definition) is 11. The fourth-order valence-corrected chi connectivity index (χ4v) is 10.3. The molecule has 6 heterocycles. The van der Waals surface area contributed by atoms with Gasteiger partial charge in [0.25, 0.3) is 6.29 Å². The number of amides is 1. The third-order valence-corrected chi connectivity index (χ3v) is 13.3. The summed E-state index contributed by atoms with van der Waals surface area (Å²) in [6.45, 7) is 3.57. The first-order chi connectivity index (χ1) is 31.0. The van der Waals surface area contributed by atoms with E-state index in [0.29, 0.717) is 49.0 Å². The van der Waals surface area contributed by atoms with E-state index >= 15 is 8.78 Å². The van der Waals surface area contributed by atoms with Crippen LogP contribution in [0, 0.1) is 24.0 Å². The van der Waals surface area contributed by atoms with Gasteiger partial charge in [-0.25, -0.2) is 18.0 Å². The molecule has 4 aromatic carbocycles. The van der Waals surface area contributed by atoms with Crippen molar-refractivity contribution in [1.29, 1.82) is 0 Å². The maximum Gasteiger partial charge on any atom is 0.413 e. The Kier molecular flexibility index (Phi) is 10.6. The number of anilines is 1. The number of nitrogens with zero attached hydrogens (tertiary/aromatic N) is 6. The van der Waals surface area contributed by atoms with Crippen LogP contribution >= 0.6 is 0 Å². The van der Waals surface area contributed by atoms with Gasteiger partial charge in [-0.05, 0) is 79.1 Å². The summed E-state index contributed by atoms with van der Waals surface area (Å²) in [5.74, 6) is 0.422. The number of ether oxygens (including phenoxy) is 3. The van der Waals surface area contributed by atoms with Gasteiger partial charge in [0, 0.05) is 55.2 Å². The van der Waals surface area contributed by atoms with Crippen molar-refractivity contribution in [3.63, 3.8) is 0 Å². The van der Waals surface area contributed by atoms with Gasteiger partial charge in [-0.15, -0.1) is 6.42 Å². The maximum atomic E-state index is 17.3. The molecule has 64 heavy (non-hydrogen) atoms. The molecule has 0 radical (unpaired) electrons. The van der Waals surface area contributed by atoms with Crippen molar-refractivity contribution >= 4 is 50.3 Å². The molecule has 12 nitrogen and oxygen atoms in total. The molecule has 1 amide bonds. The number of fused-ring (bicyclic) bond motifs is 6. The maximum absolute atomic E-state index is 17.3. The van der Waals surface area contributed by atoms with Crippen LogP contribution in [-0.4, -0.2) is 98.5 Å². The summed E-state index contributed by atoms with van der Waals surface area (Å²) in [7, 11) is 0. The minimum Gasteiger partial charge on any atom is -0.508 e.